The Labute approximate surface area is 119 Å². The van der Waals surface area contributed by atoms with Crippen LogP contribution in [0.3, 0.4) is 0 Å². The molecule has 7 nitrogen and oxygen atoms in total. The van der Waals surface area contributed by atoms with E-state index < -0.39 is 22.0 Å². The highest BCUT2D eigenvalue weighted by molar-refractivity contribution is 8.00. The summed E-state index contributed by atoms with van der Waals surface area (Å²) < 4.78 is 0. The Morgan fingerprint density at radius 3 is 2.40 bits per heavy atom. The van der Waals surface area contributed by atoms with Crippen molar-refractivity contribution < 1.29 is 19.6 Å². The lowest BCUT2D eigenvalue weighted by molar-refractivity contribution is -0.387. The summed E-state index contributed by atoms with van der Waals surface area (Å²) in [5.74, 6) is -2.02. The Morgan fingerprint density at radius 1 is 1.40 bits per heavy atom. The lowest BCUT2D eigenvalue weighted by atomic mass is 10.1. The van der Waals surface area contributed by atoms with Crippen LogP contribution in [0, 0.1) is 16.0 Å². The molecule has 0 saturated heterocycles. The van der Waals surface area contributed by atoms with Crippen molar-refractivity contribution in [2.45, 2.75) is 24.0 Å². The van der Waals surface area contributed by atoms with E-state index in [-0.39, 0.29) is 22.1 Å². The van der Waals surface area contributed by atoms with E-state index in [1.807, 2.05) is 0 Å². The van der Waals surface area contributed by atoms with Crippen LogP contribution in [-0.2, 0) is 4.79 Å². The van der Waals surface area contributed by atoms with Gasteiger partial charge in [-0.25, -0.2) is 0 Å². The highest BCUT2D eigenvalue weighted by atomic mass is 32.2. The molecule has 0 aliphatic carbocycles. The van der Waals surface area contributed by atoms with Gasteiger partial charge < -0.3 is 10.8 Å². The van der Waals surface area contributed by atoms with Gasteiger partial charge in [-0.3, -0.25) is 19.7 Å². The van der Waals surface area contributed by atoms with E-state index in [1.165, 1.54) is 12.1 Å². The van der Waals surface area contributed by atoms with Crippen molar-refractivity contribution >= 4 is 29.3 Å². The second kappa shape index (κ2) is 6.38. The standard InChI is InChI=1S/C12H14N2O5S/c1-6(2)10(12(16)17)20-9-5-7(11(13)15)3-4-8(9)14(18)19/h3-6,10H,1-2H3,(H2,13,15)(H,16,17). The van der Waals surface area contributed by atoms with E-state index in [9.17, 15) is 19.7 Å². The number of aliphatic carboxylic acids is 1. The number of carbonyl (C=O) groups is 2. The van der Waals surface area contributed by atoms with Crippen LogP contribution in [0.25, 0.3) is 0 Å². The van der Waals surface area contributed by atoms with Crippen LogP contribution < -0.4 is 5.73 Å². The Balaban J connectivity index is 3.25. The van der Waals surface area contributed by atoms with Gasteiger partial charge in [0.15, 0.2) is 0 Å². The number of hydrogen-bond acceptors (Lipinski definition) is 5. The molecule has 108 valence electrons. The fourth-order valence-electron chi connectivity index (χ4n) is 1.52. The SMILES string of the molecule is CC(C)C(Sc1cc(C(N)=O)ccc1[N+](=O)[O-])C(=O)O. The minimum Gasteiger partial charge on any atom is -0.480 e. The molecule has 0 fully saturated rings. The van der Waals surface area contributed by atoms with Gasteiger partial charge in [-0.05, 0) is 18.1 Å². The average Bonchev–Trinajstić information content (AvgIpc) is 2.34. The molecule has 1 aromatic carbocycles. The van der Waals surface area contributed by atoms with Crippen LogP contribution in [0.2, 0.25) is 0 Å². The number of nitrogens with two attached hydrogens (primary N) is 1. The van der Waals surface area contributed by atoms with Gasteiger partial charge in [-0.15, -0.1) is 11.8 Å². The van der Waals surface area contributed by atoms with Crippen LogP contribution in [0.1, 0.15) is 24.2 Å². The molecule has 0 aliphatic rings. The zero-order chi connectivity index (χ0) is 15.4. The van der Waals surface area contributed by atoms with Crippen molar-refractivity contribution in [2.75, 3.05) is 0 Å². The molecular weight excluding hydrogens is 284 g/mol. The second-order valence-electron chi connectivity index (χ2n) is 4.42. The Kier molecular flexibility index (Phi) is 5.09. The van der Waals surface area contributed by atoms with Crippen LogP contribution in [0.5, 0.6) is 0 Å². The maximum Gasteiger partial charge on any atom is 0.317 e. The van der Waals surface area contributed by atoms with E-state index >= 15 is 0 Å². The van der Waals surface area contributed by atoms with E-state index in [4.69, 9.17) is 10.8 Å². The predicted octanol–water partition coefficient (Wildman–Crippen LogP) is 1.90. The topological polar surface area (TPSA) is 124 Å². The molecule has 20 heavy (non-hydrogen) atoms. The third-order valence-electron chi connectivity index (χ3n) is 2.54. The first-order valence-corrected chi connectivity index (χ1v) is 6.59. The van der Waals surface area contributed by atoms with Gasteiger partial charge in [0.2, 0.25) is 5.91 Å². The number of benzene rings is 1. The number of hydrogen-bond donors (Lipinski definition) is 2. The molecule has 0 aromatic heterocycles. The van der Waals surface area contributed by atoms with Crippen LogP contribution in [0.4, 0.5) is 5.69 Å². The van der Waals surface area contributed by atoms with Gasteiger partial charge in [-0.2, -0.15) is 0 Å². The average molecular weight is 298 g/mol. The Hall–Kier alpha value is -2.09. The number of carbonyl (C=O) groups excluding carboxylic acids is 1. The first kappa shape index (κ1) is 16.0. The number of carboxylic acids is 1. The molecule has 0 aliphatic heterocycles. The number of nitro groups is 1. The van der Waals surface area contributed by atoms with Gasteiger partial charge in [0.25, 0.3) is 5.69 Å². The summed E-state index contributed by atoms with van der Waals surface area (Å²) in [4.78, 5) is 32.7. The molecule has 1 amide bonds. The van der Waals surface area contributed by atoms with E-state index in [1.54, 1.807) is 13.8 Å². The molecule has 1 aromatic rings. The van der Waals surface area contributed by atoms with Crippen LogP contribution in [0.15, 0.2) is 23.1 Å². The summed E-state index contributed by atoms with van der Waals surface area (Å²) in [7, 11) is 0. The molecule has 1 unspecified atom stereocenters. The first-order valence-electron chi connectivity index (χ1n) is 5.71. The maximum absolute atomic E-state index is 11.2. The Bertz CT molecular complexity index is 559. The Morgan fingerprint density at radius 2 is 2.00 bits per heavy atom. The third-order valence-corrected chi connectivity index (χ3v) is 4.12. The van der Waals surface area contributed by atoms with Crippen molar-refractivity contribution in [3.8, 4) is 0 Å². The highest BCUT2D eigenvalue weighted by Gasteiger charge is 2.27. The van der Waals surface area contributed by atoms with Crippen molar-refractivity contribution in [1.29, 1.82) is 0 Å². The summed E-state index contributed by atoms with van der Waals surface area (Å²) in [6.07, 6.45) is 0. The number of rotatable bonds is 6. The highest BCUT2D eigenvalue weighted by Crippen LogP contribution is 2.35. The van der Waals surface area contributed by atoms with Crippen molar-refractivity contribution in [3.63, 3.8) is 0 Å². The number of nitro benzene ring substituents is 1. The number of amides is 1. The van der Waals surface area contributed by atoms with Crippen molar-refractivity contribution in [2.24, 2.45) is 11.7 Å². The molecule has 0 radical (unpaired) electrons. The number of thioether (sulfide) groups is 1. The van der Waals surface area contributed by atoms with E-state index in [0.29, 0.717) is 0 Å². The summed E-state index contributed by atoms with van der Waals surface area (Å²) in [5, 5.41) is 19.2. The summed E-state index contributed by atoms with van der Waals surface area (Å²) in [6.45, 7) is 3.41. The molecular formula is C12H14N2O5S. The molecule has 0 spiro atoms. The lowest BCUT2D eigenvalue weighted by Gasteiger charge is -2.15. The van der Waals surface area contributed by atoms with E-state index in [0.717, 1.165) is 17.8 Å². The maximum atomic E-state index is 11.2. The molecule has 1 rings (SSSR count). The summed E-state index contributed by atoms with van der Waals surface area (Å²) in [6, 6.07) is 3.65. The minimum absolute atomic E-state index is 0.103. The van der Waals surface area contributed by atoms with Gasteiger partial charge in [0, 0.05) is 11.6 Å². The fourth-order valence-corrected chi connectivity index (χ4v) is 2.63. The van der Waals surface area contributed by atoms with Crippen molar-refractivity contribution in [3.05, 3.63) is 33.9 Å². The third kappa shape index (κ3) is 3.70. The minimum atomic E-state index is -1.07. The molecule has 0 saturated carbocycles. The second-order valence-corrected chi connectivity index (χ2v) is 5.61. The normalized spacial score (nSPS) is 12.2. The number of primary amides is 1. The van der Waals surface area contributed by atoms with Crippen LogP contribution in [-0.4, -0.2) is 27.2 Å². The zero-order valence-electron chi connectivity index (χ0n) is 10.9. The van der Waals surface area contributed by atoms with Gasteiger partial charge in [0.1, 0.15) is 5.25 Å². The van der Waals surface area contributed by atoms with Gasteiger partial charge in [0.05, 0.1) is 9.82 Å². The van der Waals surface area contributed by atoms with Gasteiger partial charge in [-0.1, -0.05) is 13.8 Å². The monoisotopic (exact) mass is 298 g/mol. The van der Waals surface area contributed by atoms with Gasteiger partial charge >= 0.3 is 5.97 Å². The smallest absolute Gasteiger partial charge is 0.317 e. The molecule has 0 bridgehead atoms. The number of carboxylic acid groups (broad SMARTS) is 1. The largest absolute Gasteiger partial charge is 0.480 e. The molecule has 1 atom stereocenters. The van der Waals surface area contributed by atoms with E-state index in [2.05, 4.69) is 0 Å². The lowest BCUT2D eigenvalue weighted by Crippen LogP contribution is -2.22. The molecule has 0 heterocycles. The predicted molar refractivity (Wildman–Crippen MR) is 73.7 cm³/mol. The summed E-state index contributed by atoms with van der Waals surface area (Å²) >= 11 is 0.842. The number of nitrogens with zero attached hydrogens (tertiary/aromatic N) is 1. The first-order chi connectivity index (χ1) is 9.23. The fraction of sp³-hybridized carbons (Fsp3) is 0.333. The summed E-state index contributed by atoms with van der Waals surface area (Å²) in [5.41, 5.74) is 4.98. The molecule has 8 heteroatoms. The van der Waals surface area contributed by atoms with Crippen molar-refractivity contribution in [1.82, 2.24) is 0 Å². The molecule has 3 N–H and O–H groups in total. The zero-order valence-corrected chi connectivity index (χ0v) is 11.7. The quantitative estimate of drug-likeness (QED) is 0.469. The van der Waals surface area contributed by atoms with Crippen LogP contribution >= 0.6 is 11.8 Å².